The third kappa shape index (κ3) is 3.37. The van der Waals surface area contributed by atoms with Gasteiger partial charge in [0.2, 0.25) is 0 Å². The van der Waals surface area contributed by atoms with Crippen LogP contribution in [-0.2, 0) is 0 Å². The molecule has 0 spiro atoms. The molecule has 118 valence electrons. The molecule has 0 saturated carbocycles. The molecule has 0 unspecified atom stereocenters. The van der Waals surface area contributed by atoms with Gasteiger partial charge in [-0.05, 0) is 43.3 Å². The SMILES string of the molecule is CCOc1ccc(C(=O)N2CCN=C2c2cccc(Cl)c2)cc1. The number of hydrogen-bond donors (Lipinski definition) is 0. The van der Waals surface area contributed by atoms with Gasteiger partial charge >= 0.3 is 0 Å². The van der Waals surface area contributed by atoms with Gasteiger partial charge < -0.3 is 4.74 Å². The molecular formula is C18H17ClN2O2. The van der Waals surface area contributed by atoms with Crippen molar-refractivity contribution in [2.45, 2.75) is 6.92 Å². The molecule has 1 heterocycles. The highest BCUT2D eigenvalue weighted by molar-refractivity contribution is 6.31. The third-order valence-electron chi connectivity index (χ3n) is 3.58. The average Bonchev–Trinajstić information content (AvgIpc) is 3.05. The van der Waals surface area contributed by atoms with Crippen LogP contribution in [0.2, 0.25) is 5.02 Å². The Labute approximate surface area is 140 Å². The normalized spacial score (nSPS) is 13.8. The topological polar surface area (TPSA) is 41.9 Å². The molecule has 23 heavy (non-hydrogen) atoms. The number of carbonyl (C=O) groups is 1. The first kappa shape index (κ1) is 15.6. The van der Waals surface area contributed by atoms with E-state index in [1.165, 1.54) is 0 Å². The highest BCUT2D eigenvalue weighted by Crippen LogP contribution is 2.19. The van der Waals surface area contributed by atoms with Crippen molar-refractivity contribution in [1.82, 2.24) is 4.90 Å². The molecule has 5 heteroatoms. The fraction of sp³-hybridized carbons (Fsp3) is 0.222. The Kier molecular flexibility index (Phi) is 4.63. The molecule has 1 aliphatic rings. The van der Waals surface area contributed by atoms with Gasteiger partial charge in [-0.3, -0.25) is 14.7 Å². The third-order valence-corrected chi connectivity index (χ3v) is 3.82. The Morgan fingerprint density at radius 3 is 2.74 bits per heavy atom. The fourth-order valence-corrected chi connectivity index (χ4v) is 2.73. The molecule has 0 aliphatic carbocycles. The quantitative estimate of drug-likeness (QED) is 0.859. The molecule has 0 atom stereocenters. The van der Waals surface area contributed by atoms with Crippen molar-refractivity contribution < 1.29 is 9.53 Å². The van der Waals surface area contributed by atoms with E-state index < -0.39 is 0 Å². The van der Waals surface area contributed by atoms with Crippen molar-refractivity contribution in [2.24, 2.45) is 4.99 Å². The summed E-state index contributed by atoms with van der Waals surface area (Å²) in [5.41, 5.74) is 1.47. The summed E-state index contributed by atoms with van der Waals surface area (Å²) in [7, 11) is 0. The highest BCUT2D eigenvalue weighted by atomic mass is 35.5. The maximum absolute atomic E-state index is 12.8. The predicted molar refractivity (Wildman–Crippen MR) is 91.5 cm³/mol. The Bertz CT molecular complexity index is 741. The van der Waals surface area contributed by atoms with Crippen molar-refractivity contribution in [2.75, 3.05) is 19.7 Å². The van der Waals surface area contributed by atoms with Gasteiger partial charge in [0.25, 0.3) is 5.91 Å². The van der Waals surface area contributed by atoms with Gasteiger partial charge in [-0.15, -0.1) is 0 Å². The lowest BCUT2D eigenvalue weighted by atomic mass is 10.1. The molecule has 0 fully saturated rings. The van der Waals surface area contributed by atoms with Crippen molar-refractivity contribution >= 4 is 23.3 Å². The van der Waals surface area contributed by atoms with Crippen LogP contribution in [0.15, 0.2) is 53.5 Å². The zero-order valence-corrected chi connectivity index (χ0v) is 13.6. The summed E-state index contributed by atoms with van der Waals surface area (Å²) < 4.78 is 5.41. The van der Waals surface area contributed by atoms with E-state index in [2.05, 4.69) is 4.99 Å². The van der Waals surface area contributed by atoms with Gasteiger partial charge in [-0.25, -0.2) is 0 Å². The molecule has 2 aromatic carbocycles. The van der Waals surface area contributed by atoms with Crippen LogP contribution in [0.3, 0.4) is 0 Å². The maximum Gasteiger partial charge on any atom is 0.259 e. The van der Waals surface area contributed by atoms with Crippen LogP contribution in [0.4, 0.5) is 0 Å². The van der Waals surface area contributed by atoms with E-state index in [1.54, 1.807) is 23.1 Å². The lowest BCUT2D eigenvalue weighted by molar-refractivity contribution is 0.0858. The Morgan fingerprint density at radius 1 is 1.26 bits per heavy atom. The molecular weight excluding hydrogens is 312 g/mol. The monoisotopic (exact) mass is 328 g/mol. The van der Waals surface area contributed by atoms with E-state index in [9.17, 15) is 4.79 Å². The van der Waals surface area contributed by atoms with Gasteiger partial charge in [0.15, 0.2) is 0 Å². The number of benzene rings is 2. The summed E-state index contributed by atoms with van der Waals surface area (Å²) in [4.78, 5) is 18.9. The van der Waals surface area contributed by atoms with E-state index in [0.29, 0.717) is 36.1 Å². The molecule has 4 nitrogen and oxygen atoms in total. The van der Waals surface area contributed by atoms with E-state index in [-0.39, 0.29) is 5.91 Å². The number of halogens is 1. The van der Waals surface area contributed by atoms with Crippen molar-refractivity contribution in [3.8, 4) is 5.75 Å². The lowest BCUT2D eigenvalue weighted by Crippen LogP contribution is -2.34. The van der Waals surface area contributed by atoms with Gasteiger partial charge in [-0.1, -0.05) is 23.7 Å². The molecule has 0 radical (unpaired) electrons. The first-order valence-corrected chi connectivity index (χ1v) is 7.92. The first-order chi connectivity index (χ1) is 11.2. The van der Waals surface area contributed by atoms with E-state index in [1.807, 2.05) is 37.3 Å². The first-order valence-electron chi connectivity index (χ1n) is 7.54. The van der Waals surface area contributed by atoms with Crippen LogP contribution in [0.5, 0.6) is 5.75 Å². The molecule has 2 aromatic rings. The summed E-state index contributed by atoms with van der Waals surface area (Å²) in [5, 5.41) is 0.630. The molecule has 0 saturated heterocycles. The fourth-order valence-electron chi connectivity index (χ4n) is 2.54. The minimum Gasteiger partial charge on any atom is -0.494 e. The van der Waals surface area contributed by atoms with Gasteiger partial charge in [0.05, 0.1) is 13.2 Å². The predicted octanol–water partition coefficient (Wildman–Crippen LogP) is 3.64. The largest absolute Gasteiger partial charge is 0.494 e. The standard InChI is InChI=1S/C18H17ClN2O2/c1-2-23-16-8-6-13(7-9-16)18(22)21-11-10-20-17(21)14-4-3-5-15(19)12-14/h3-9,12H,2,10-11H2,1H3. The second-order valence-corrected chi connectivity index (χ2v) is 5.57. The number of aliphatic imine (C=N–C) groups is 1. The maximum atomic E-state index is 12.8. The summed E-state index contributed by atoms with van der Waals surface area (Å²) in [6.45, 7) is 3.71. The van der Waals surface area contributed by atoms with Crippen LogP contribution in [-0.4, -0.2) is 36.3 Å². The minimum atomic E-state index is -0.0655. The Morgan fingerprint density at radius 2 is 2.04 bits per heavy atom. The van der Waals surface area contributed by atoms with Crippen LogP contribution in [0.1, 0.15) is 22.8 Å². The van der Waals surface area contributed by atoms with E-state index >= 15 is 0 Å². The molecule has 3 rings (SSSR count). The van der Waals surface area contributed by atoms with Crippen LogP contribution in [0.25, 0.3) is 0 Å². The van der Waals surface area contributed by atoms with Crippen LogP contribution >= 0.6 is 11.6 Å². The number of amidine groups is 1. The number of nitrogens with zero attached hydrogens (tertiary/aromatic N) is 2. The second-order valence-electron chi connectivity index (χ2n) is 5.13. The Balaban J connectivity index is 1.83. The average molecular weight is 329 g/mol. The number of carbonyl (C=O) groups excluding carboxylic acids is 1. The van der Waals surface area contributed by atoms with Crippen molar-refractivity contribution in [1.29, 1.82) is 0 Å². The van der Waals surface area contributed by atoms with Gasteiger partial charge in [0.1, 0.15) is 11.6 Å². The molecule has 0 N–H and O–H groups in total. The summed E-state index contributed by atoms with van der Waals surface area (Å²) in [6, 6.07) is 14.6. The van der Waals surface area contributed by atoms with E-state index in [0.717, 1.165) is 11.3 Å². The van der Waals surface area contributed by atoms with Gasteiger partial charge in [-0.2, -0.15) is 0 Å². The minimum absolute atomic E-state index is 0.0655. The van der Waals surface area contributed by atoms with Crippen molar-refractivity contribution in [3.05, 3.63) is 64.7 Å². The summed E-state index contributed by atoms with van der Waals surface area (Å²) in [5.74, 6) is 1.37. The zero-order chi connectivity index (χ0) is 16.2. The molecule has 0 bridgehead atoms. The number of rotatable bonds is 4. The van der Waals surface area contributed by atoms with Crippen molar-refractivity contribution in [3.63, 3.8) is 0 Å². The van der Waals surface area contributed by atoms with Gasteiger partial charge in [0, 0.05) is 22.7 Å². The number of amides is 1. The smallest absolute Gasteiger partial charge is 0.259 e. The summed E-state index contributed by atoms with van der Waals surface area (Å²) >= 11 is 6.04. The van der Waals surface area contributed by atoms with Crippen LogP contribution < -0.4 is 4.74 Å². The zero-order valence-electron chi connectivity index (χ0n) is 12.8. The van der Waals surface area contributed by atoms with E-state index in [4.69, 9.17) is 16.3 Å². The summed E-state index contributed by atoms with van der Waals surface area (Å²) in [6.07, 6.45) is 0. The highest BCUT2D eigenvalue weighted by Gasteiger charge is 2.25. The molecule has 1 aliphatic heterocycles. The lowest BCUT2D eigenvalue weighted by Gasteiger charge is -2.19. The second kappa shape index (κ2) is 6.84. The van der Waals surface area contributed by atoms with Crippen LogP contribution in [0, 0.1) is 0 Å². The number of hydrogen-bond acceptors (Lipinski definition) is 3. The Hall–Kier alpha value is -2.33. The molecule has 1 amide bonds. The molecule has 0 aromatic heterocycles. The number of ether oxygens (including phenoxy) is 1.